The maximum Gasteiger partial charge on any atom is 0.257 e. The van der Waals surface area contributed by atoms with Crippen molar-refractivity contribution in [1.82, 2.24) is 14.8 Å². The number of amides is 1. The highest BCUT2D eigenvalue weighted by molar-refractivity contribution is 5.98. The van der Waals surface area contributed by atoms with Crippen LogP contribution in [0.5, 0.6) is 0 Å². The number of pyridine rings is 1. The van der Waals surface area contributed by atoms with Gasteiger partial charge >= 0.3 is 0 Å². The van der Waals surface area contributed by atoms with E-state index in [-0.39, 0.29) is 5.91 Å². The van der Waals surface area contributed by atoms with E-state index in [1.165, 1.54) is 0 Å². The molecule has 5 heteroatoms. The van der Waals surface area contributed by atoms with Crippen LogP contribution in [0.1, 0.15) is 23.7 Å². The van der Waals surface area contributed by atoms with Gasteiger partial charge in [-0.3, -0.25) is 4.79 Å². The lowest BCUT2D eigenvalue weighted by molar-refractivity contribution is 0.0745. The van der Waals surface area contributed by atoms with Gasteiger partial charge in [0, 0.05) is 32.9 Å². The molecule has 1 rings (SSSR count). The van der Waals surface area contributed by atoms with Crippen LogP contribution in [0.4, 0.5) is 5.82 Å². The van der Waals surface area contributed by atoms with Crippen molar-refractivity contribution in [2.75, 3.05) is 46.1 Å². The average Bonchev–Trinajstić information content (AvgIpc) is 2.42. The van der Waals surface area contributed by atoms with Crippen LogP contribution >= 0.6 is 0 Å². The zero-order valence-electron chi connectivity index (χ0n) is 12.3. The van der Waals surface area contributed by atoms with Crippen molar-refractivity contribution in [3.8, 4) is 0 Å². The van der Waals surface area contributed by atoms with Crippen molar-refractivity contribution in [3.05, 3.63) is 23.9 Å². The Bertz CT molecular complexity index is 406. The molecule has 1 amide bonds. The maximum absolute atomic E-state index is 12.6. The van der Waals surface area contributed by atoms with E-state index in [0.29, 0.717) is 11.4 Å². The third kappa shape index (κ3) is 4.52. The predicted octanol–water partition coefficient (Wildman–Crippen LogP) is 1.54. The first-order valence-electron chi connectivity index (χ1n) is 6.67. The number of likely N-dealkylation sites (N-methyl/N-ethyl adjacent to an activating group) is 1. The normalized spacial score (nSPS) is 10.6. The molecule has 0 saturated heterocycles. The first kappa shape index (κ1) is 15.4. The van der Waals surface area contributed by atoms with Crippen LogP contribution in [0.15, 0.2) is 18.3 Å². The Kier molecular flexibility index (Phi) is 6.29. The number of anilines is 1. The summed E-state index contributed by atoms with van der Waals surface area (Å²) in [6.45, 7) is 4.45. The van der Waals surface area contributed by atoms with E-state index in [9.17, 15) is 4.79 Å². The van der Waals surface area contributed by atoms with Gasteiger partial charge in [0.25, 0.3) is 5.91 Å². The summed E-state index contributed by atoms with van der Waals surface area (Å²) >= 11 is 0. The molecule has 19 heavy (non-hydrogen) atoms. The van der Waals surface area contributed by atoms with Crippen LogP contribution in [0, 0.1) is 0 Å². The molecular formula is C14H24N4O. The smallest absolute Gasteiger partial charge is 0.257 e. The van der Waals surface area contributed by atoms with Crippen molar-refractivity contribution >= 4 is 11.7 Å². The largest absolute Gasteiger partial charge is 0.372 e. The van der Waals surface area contributed by atoms with E-state index in [1.807, 2.05) is 25.1 Å². The van der Waals surface area contributed by atoms with Crippen LogP contribution in [0.25, 0.3) is 0 Å². The Morgan fingerprint density at radius 1 is 1.32 bits per heavy atom. The quantitative estimate of drug-likeness (QED) is 0.811. The first-order chi connectivity index (χ1) is 9.10. The Hall–Kier alpha value is -1.62. The summed E-state index contributed by atoms with van der Waals surface area (Å²) in [5.74, 6) is 0.680. The van der Waals surface area contributed by atoms with Crippen LogP contribution in [0.2, 0.25) is 0 Å². The fourth-order valence-corrected chi connectivity index (χ4v) is 1.85. The van der Waals surface area contributed by atoms with Gasteiger partial charge in [-0.25, -0.2) is 4.98 Å². The number of aromatic nitrogens is 1. The second-order valence-electron chi connectivity index (χ2n) is 4.75. The highest BCUT2D eigenvalue weighted by Gasteiger charge is 2.18. The van der Waals surface area contributed by atoms with E-state index < -0.39 is 0 Å². The second kappa shape index (κ2) is 7.74. The fourth-order valence-electron chi connectivity index (χ4n) is 1.85. The van der Waals surface area contributed by atoms with Gasteiger partial charge in [-0.1, -0.05) is 6.92 Å². The Balaban J connectivity index is 2.85. The first-order valence-corrected chi connectivity index (χ1v) is 6.67. The van der Waals surface area contributed by atoms with Crippen LogP contribution in [-0.2, 0) is 0 Å². The van der Waals surface area contributed by atoms with Crippen molar-refractivity contribution < 1.29 is 4.79 Å². The zero-order chi connectivity index (χ0) is 14.3. The molecule has 0 aliphatic rings. The van der Waals surface area contributed by atoms with Crippen molar-refractivity contribution in [2.45, 2.75) is 13.3 Å². The Morgan fingerprint density at radius 3 is 2.63 bits per heavy atom. The van der Waals surface area contributed by atoms with Gasteiger partial charge in [-0.15, -0.1) is 0 Å². The SMILES string of the molecule is CCCN(CCN(C)C)C(=O)c1cccnc1NC. The molecule has 1 N–H and O–H groups in total. The summed E-state index contributed by atoms with van der Waals surface area (Å²) in [6.07, 6.45) is 2.64. The standard InChI is InChI=1S/C14H24N4O/c1-5-9-18(11-10-17(3)4)14(19)12-7-6-8-16-13(12)15-2/h6-8H,5,9-11H2,1-4H3,(H,15,16). The maximum atomic E-state index is 12.6. The molecule has 0 saturated carbocycles. The molecule has 5 nitrogen and oxygen atoms in total. The highest BCUT2D eigenvalue weighted by atomic mass is 16.2. The van der Waals surface area contributed by atoms with Gasteiger partial charge in [0.15, 0.2) is 0 Å². The summed E-state index contributed by atoms with van der Waals surface area (Å²) in [4.78, 5) is 20.7. The molecule has 0 radical (unpaired) electrons. The molecule has 1 aromatic rings. The lowest BCUT2D eigenvalue weighted by Crippen LogP contribution is -2.37. The van der Waals surface area contributed by atoms with Crippen molar-refractivity contribution in [2.24, 2.45) is 0 Å². The molecule has 0 aliphatic carbocycles. The third-order valence-corrected chi connectivity index (χ3v) is 2.87. The minimum atomic E-state index is 0.0427. The van der Waals surface area contributed by atoms with Crippen LogP contribution in [0.3, 0.4) is 0 Å². The van der Waals surface area contributed by atoms with Gasteiger partial charge in [0.1, 0.15) is 5.82 Å². The summed E-state index contributed by atoms with van der Waals surface area (Å²) in [5, 5.41) is 2.97. The van der Waals surface area contributed by atoms with Crippen molar-refractivity contribution in [1.29, 1.82) is 0 Å². The summed E-state index contributed by atoms with van der Waals surface area (Å²) in [6, 6.07) is 3.61. The molecule has 106 valence electrons. The number of carbonyl (C=O) groups excluding carboxylic acids is 1. The summed E-state index contributed by atoms with van der Waals surface area (Å²) in [7, 11) is 5.80. The summed E-state index contributed by atoms with van der Waals surface area (Å²) < 4.78 is 0. The Morgan fingerprint density at radius 2 is 2.05 bits per heavy atom. The number of carbonyl (C=O) groups is 1. The molecule has 0 atom stereocenters. The molecule has 0 fully saturated rings. The molecule has 0 bridgehead atoms. The van der Waals surface area contributed by atoms with Gasteiger partial charge in [0.2, 0.25) is 0 Å². The zero-order valence-corrected chi connectivity index (χ0v) is 12.3. The topological polar surface area (TPSA) is 48.5 Å². The minimum Gasteiger partial charge on any atom is -0.372 e. The molecule has 1 aromatic heterocycles. The lowest BCUT2D eigenvalue weighted by Gasteiger charge is -2.24. The van der Waals surface area contributed by atoms with Gasteiger partial charge in [0.05, 0.1) is 5.56 Å². The number of nitrogens with zero attached hydrogens (tertiary/aromatic N) is 3. The molecule has 0 aromatic carbocycles. The molecule has 0 spiro atoms. The van der Waals surface area contributed by atoms with E-state index in [0.717, 1.165) is 26.1 Å². The number of hydrogen-bond donors (Lipinski definition) is 1. The monoisotopic (exact) mass is 264 g/mol. The number of hydrogen-bond acceptors (Lipinski definition) is 4. The molecule has 0 unspecified atom stereocenters. The molecule has 0 aliphatic heterocycles. The predicted molar refractivity (Wildman–Crippen MR) is 78.5 cm³/mol. The van der Waals surface area contributed by atoms with Gasteiger partial charge < -0.3 is 15.1 Å². The van der Waals surface area contributed by atoms with E-state index >= 15 is 0 Å². The number of rotatable bonds is 7. The summed E-state index contributed by atoms with van der Waals surface area (Å²) in [5.41, 5.74) is 0.636. The van der Waals surface area contributed by atoms with Gasteiger partial charge in [-0.2, -0.15) is 0 Å². The Labute approximate surface area is 115 Å². The van der Waals surface area contributed by atoms with E-state index in [4.69, 9.17) is 0 Å². The lowest BCUT2D eigenvalue weighted by atomic mass is 10.2. The third-order valence-electron chi connectivity index (χ3n) is 2.87. The van der Waals surface area contributed by atoms with E-state index in [2.05, 4.69) is 22.1 Å². The minimum absolute atomic E-state index is 0.0427. The van der Waals surface area contributed by atoms with E-state index in [1.54, 1.807) is 19.3 Å². The fraction of sp³-hybridized carbons (Fsp3) is 0.571. The molecular weight excluding hydrogens is 240 g/mol. The van der Waals surface area contributed by atoms with Crippen LogP contribution < -0.4 is 5.32 Å². The highest BCUT2D eigenvalue weighted by Crippen LogP contribution is 2.13. The van der Waals surface area contributed by atoms with Crippen molar-refractivity contribution in [3.63, 3.8) is 0 Å². The molecule has 1 heterocycles. The second-order valence-corrected chi connectivity index (χ2v) is 4.75. The average molecular weight is 264 g/mol. The number of nitrogens with one attached hydrogen (secondary N) is 1. The van der Waals surface area contributed by atoms with Gasteiger partial charge in [-0.05, 0) is 32.6 Å². The van der Waals surface area contributed by atoms with Crippen LogP contribution in [-0.4, -0.2) is 61.5 Å².